The van der Waals surface area contributed by atoms with E-state index in [0.29, 0.717) is 32.2 Å². The van der Waals surface area contributed by atoms with E-state index >= 15 is 0 Å². The molecule has 2 amide bonds. The maximum Gasteiger partial charge on any atom is 0.407 e. The lowest BCUT2D eigenvalue weighted by atomic mass is 9.98. The molecule has 3 atom stereocenters. The molecule has 0 bridgehead atoms. The van der Waals surface area contributed by atoms with Crippen molar-refractivity contribution in [1.82, 2.24) is 10.2 Å². The fourth-order valence-corrected chi connectivity index (χ4v) is 5.36. The summed E-state index contributed by atoms with van der Waals surface area (Å²) < 4.78 is 11.4. The van der Waals surface area contributed by atoms with Crippen molar-refractivity contribution in [1.29, 1.82) is 0 Å². The van der Waals surface area contributed by atoms with Crippen LogP contribution in [0.3, 0.4) is 0 Å². The number of likely N-dealkylation sites (tertiary alicyclic amines) is 1. The van der Waals surface area contributed by atoms with E-state index in [1.165, 1.54) is 16.0 Å². The van der Waals surface area contributed by atoms with Crippen molar-refractivity contribution in [2.75, 3.05) is 19.7 Å². The summed E-state index contributed by atoms with van der Waals surface area (Å²) in [5.41, 5.74) is 4.65. The smallest absolute Gasteiger partial charge is 0.407 e. The summed E-state index contributed by atoms with van der Waals surface area (Å²) >= 11 is 0. The Balaban J connectivity index is 1.11. The molecule has 2 aromatic rings. The van der Waals surface area contributed by atoms with Gasteiger partial charge in [-0.05, 0) is 47.9 Å². The van der Waals surface area contributed by atoms with Crippen LogP contribution in [-0.2, 0) is 19.1 Å². The van der Waals surface area contributed by atoms with Crippen LogP contribution in [0.25, 0.3) is 11.1 Å². The van der Waals surface area contributed by atoms with Gasteiger partial charge in [0.05, 0.1) is 6.10 Å². The van der Waals surface area contributed by atoms with Crippen LogP contribution in [0.1, 0.15) is 42.7 Å². The average Bonchev–Trinajstić information content (AvgIpc) is 3.59. The van der Waals surface area contributed by atoms with Gasteiger partial charge in [0.1, 0.15) is 18.8 Å². The Morgan fingerprint density at radius 3 is 2.35 bits per heavy atom. The maximum absolute atomic E-state index is 12.7. The fourth-order valence-electron chi connectivity index (χ4n) is 5.36. The second kappa shape index (κ2) is 9.46. The number of alkyl carbamates (subject to hydrolysis) is 1. The number of hydrogen-bond acceptors (Lipinski definition) is 5. The summed E-state index contributed by atoms with van der Waals surface area (Å²) in [6, 6.07) is 15.6. The van der Waals surface area contributed by atoms with Gasteiger partial charge in [-0.15, -0.1) is 0 Å². The van der Waals surface area contributed by atoms with Crippen LogP contribution in [0, 0.1) is 0 Å². The van der Waals surface area contributed by atoms with Crippen molar-refractivity contribution in [2.45, 2.75) is 49.9 Å². The number of carbonyl (C=O) groups excluding carboxylic acids is 2. The Bertz CT molecular complexity index is 1060. The van der Waals surface area contributed by atoms with Crippen LogP contribution in [-0.4, -0.2) is 65.9 Å². The highest BCUT2D eigenvalue weighted by molar-refractivity contribution is 5.87. The second-order valence-corrected chi connectivity index (χ2v) is 9.06. The predicted molar refractivity (Wildman–Crippen MR) is 123 cm³/mol. The molecule has 2 saturated heterocycles. The van der Waals surface area contributed by atoms with E-state index in [2.05, 4.69) is 29.6 Å². The molecule has 8 heteroatoms. The molecule has 2 aliphatic heterocycles. The Morgan fingerprint density at radius 2 is 1.68 bits per heavy atom. The molecule has 2 aromatic carbocycles. The molecule has 1 aliphatic carbocycles. The van der Waals surface area contributed by atoms with Gasteiger partial charge in [-0.1, -0.05) is 48.5 Å². The van der Waals surface area contributed by atoms with Gasteiger partial charge in [0, 0.05) is 19.0 Å². The molecule has 178 valence electrons. The molecule has 5 rings (SSSR count). The number of nitrogens with one attached hydrogen (secondary N) is 1. The van der Waals surface area contributed by atoms with Crippen molar-refractivity contribution in [2.24, 2.45) is 0 Å². The Labute approximate surface area is 197 Å². The predicted octanol–water partition coefficient (Wildman–Crippen LogP) is 3.15. The largest absolute Gasteiger partial charge is 0.480 e. The average molecular weight is 465 g/mol. The molecule has 2 unspecified atom stereocenters. The van der Waals surface area contributed by atoms with E-state index in [4.69, 9.17) is 9.47 Å². The zero-order valence-electron chi connectivity index (χ0n) is 18.8. The first-order valence-electron chi connectivity index (χ1n) is 11.8. The van der Waals surface area contributed by atoms with Gasteiger partial charge >= 0.3 is 12.1 Å². The number of aliphatic carboxylic acids is 1. The highest BCUT2D eigenvalue weighted by Gasteiger charge is 2.40. The van der Waals surface area contributed by atoms with Crippen LogP contribution in [0.2, 0.25) is 0 Å². The third-order valence-corrected chi connectivity index (χ3v) is 7.02. The summed E-state index contributed by atoms with van der Waals surface area (Å²) in [4.78, 5) is 37.9. The number of carbonyl (C=O) groups is 3. The topological polar surface area (TPSA) is 105 Å². The number of carboxylic acid groups (broad SMARTS) is 1. The number of rotatable bonds is 6. The summed E-state index contributed by atoms with van der Waals surface area (Å²) in [5, 5.41) is 12.1. The summed E-state index contributed by atoms with van der Waals surface area (Å²) in [7, 11) is 0. The minimum absolute atomic E-state index is 0.00877. The monoisotopic (exact) mass is 464 g/mol. The van der Waals surface area contributed by atoms with Crippen LogP contribution in [0.5, 0.6) is 0 Å². The number of nitrogens with zero attached hydrogens (tertiary/aromatic N) is 1. The van der Waals surface area contributed by atoms with E-state index < -0.39 is 24.2 Å². The van der Waals surface area contributed by atoms with Gasteiger partial charge in [0.15, 0.2) is 0 Å². The van der Waals surface area contributed by atoms with E-state index in [0.717, 1.165) is 11.1 Å². The van der Waals surface area contributed by atoms with E-state index in [1.54, 1.807) is 0 Å². The SMILES string of the molecule is O=C(NCC1CCC(C(=O)N2CCC[C@@H]2C(=O)O)O1)OCC1c2ccccc2-c2ccccc21. The molecular formula is C26H28N2O6. The van der Waals surface area contributed by atoms with Crippen molar-refractivity contribution in [3.8, 4) is 11.1 Å². The molecular weight excluding hydrogens is 436 g/mol. The third kappa shape index (κ3) is 4.25. The summed E-state index contributed by atoms with van der Waals surface area (Å²) in [6.45, 7) is 0.916. The van der Waals surface area contributed by atoms with Crippen molar-refractivity contribution in [3.63, 3.8) is 0 Å². The molecule has 0 radical (unpaired) electrons. The van der Waals surface area contributed by atoms with Gasteiger partial charge < -0.3 is 24.8 Å². The maximum atomic E-state index is 12.7. The van der Waals surface area contributed by atoms with Gasteiger partial charge in [-0.2, -0.15) is 0 Å². The van der Waals surface area contributed by atoms with Gasteiger partial charge in [0.2, 0.25) is 0 Å². The number of carboxylic acids is 1. The first kappa shape index (κ1) is 22.4. The Kier molecular flexibility index (Phi) is 6.24. The summed E-state index contributed by atoms with van der Waals surface area (Å²) in [6.07, 6.45) is 0.799. The molecule has 0 spiro atoms. The van der Waals surface area contributed by atoms with E-state index in [9.17, 15) is 19.5 Å². The number of fused-ring (bicyclic) bond motifs is 3. The lowest BCUT2D eigenvalue weighted by molar-refractivity contribution is -0.153. The standard InChI is InChI=1S/C26H28N2O6/c29-24(28-13-5-10-22(28)25(30)31)23-12-11-16(34-23)14-27-26(32)33-15-21-19-8-3-1-6-17(19)18-7-2-4-9-20(18)21/h1-4,6-9,16,21-23H,5,10-15H2,(H,27,32)(H,30,31)/t16?,22-,23?/m1/s1. The lowest BCUT2D eigenvalue weighted by Crippen LogP contribution is -2.45. The molecule has 0 saturated carbocycles. The van der Waals surface area contributed by atoms with E-state index in [1.807, 2.05) is 24.3 Å². The first-order chi connectivity index (χ1) is 16.5. The molecule has 34 heavy (non-hydrogen) atoms. The molecule has 2 fully saturated rings. The highest BCUT2D eigenvalue weighted by atomic mass is 16.6. The third-order valence-electron chi connectivity index (χ3n) is 7.02. The number of hydrogen-bond donors (Lipinski definition) is 2. The van der Waals surface area contributed by atoms with E-state index in [-0.39, 0.29) is 31.1 Å². The summed E-state index contributed by atoms with van der Waals surface area (Å²) in [5.74, 6) is -1.25. The Morgan fingerprint density at radius 1 is 1.00 bits per heavy atom. The molecule has 2 heterocycles. The van der Waals surface area contributed by atoms with Crippen LogP contribution in [0.4, 0.5) is 4.79 Å². The molecule has 0 aromatic heterocycles. The minimum atomic E-state index is -0.975. The quantitative estimate of drug-likeness (QED) is 0.681. The number of benzene rings is 2. The minimum Gasteiger partial charge on any atom is -0.480 e. The van der Waals surface area contributed by atoms with Crippen molar-refractivity contribution < 1.29 is 29.0 Å². The zero-order valence-corrected chi connectivity index (χ0v) is 18.8. The lowest BCUT2D eigenvalue weighted by Gasteiger charge is -2.24. The van der Waals surface area contributed by atoms with Crippen LogP contribution in [0.15, 0.2) is 48.5 Å². The highest BCUT2D eigenvalue weighted by Crippen LogP contribution is 2.44. The molecule has 2 N–H and O–H groups in total. The first-order valence-corrected chi connectivity index (χ1v) is 11.8. The number of amides is 2. The van der Waals surface area contributed by atoms with Gasteiger partial charge in [0.25, 0.3) is 5.91 Å². The second-order valence-electron chi connectivity index (χ2n) is 9.06. The van der Waals surface area contributed by atoms with Crippen molar-refractivity contribution in [3.05, 3.63) is 59.7 Å². The van der Waals surface area contributed by atoms with Crippen LogP contribution < -0.4 is 5.32 Å². The normalized spacial score (nSPS) is 23.4. The van der Waals surface area contributed by atoms with Crippen molar-refractivity contribution >= 4 is 18.0 Å². The van der Waals surface area contributed by atoms with Gasteiger partial charge in [-0.25, -0.2) is 9.59 Å². The number of ether oxygens (including phenoxy) is 2. The molecule has 3 aliphatic rings. The van der Waals surface area contributed by atoms with Gasteiger partial charge in [-0.3, -0.25) is 4.79 Å². The zero-order chi connectivity index (χ0) is 23.7. The Hall–Kier alpha value is -3.39. The molecule has 8 nitrogen and oxygen atoms in total. The fraction of sp³-hybridized carbons (Fsp3) is 0.423. The van der Waals surface area contributed by atoms with Crippen LogP contribution >= 0.6 is 0 Å².